The molecule has 6 nitrogen and oxygen atoms in total. The number of hydrogen-bond acceptors (Lipinski definition) is 5. The molecule has 4 heterocycles. The van der Waals surface area contributed by atoms with Gasteiger partial charge in [-0.15, -0.1) is 11.3 Å². The third kappa shape index (κ3) is 5.07. The van der Waals surface area contributed by atoms with Crippen LogP contribution in [0, 0.1) is 11.3 Å². The molecule has 0 aliphatic rings. The third-order valence-electron chi connectivity index (χ3n) is 11.4. The SMILES string of the molecule is N#Cc1ccc(-n2c3ccccc3c3ccc4c(c5ccccc5n4-c4cccc5c4sc4ccccc45)c32)c(-c2nc(-c3ccccc3)nc(-c3ccccc3)n2)c1. The van der Waals surface area contributed by atoms with Crippen LogP contribution in [0.25, 0.3) is 109 Å². The van der Waals surface area contributed by atoms with Crippen LogP contribution in [-0.4, -0.2) is 24.1 Å². The highest BCUT2D eigenvalue weighted by Gasteiger charge is 2.24. The van der Waals surface area contributed by atoms with Crippen molar-refractivity contribution in [1.82, 2.24) is 24.1 Å². The van der Waals surface area contributed by atoms with Crippen LogP contribution in [0.5, 0.6) is 0 Å². The predicted molar refractivity (Wildman–Crippen MR) is 242 cm³/mol. The molecule has 4 aromatic heterocycles. The van der Waals surface area contributed by atoms with Crippen molar-refractivity contribution in [3.05, 3.63) is 188 Å². The molecule has 0 bridgehead atoms. The number of para-hydroxylation sites is 2. The molecular weight excluding hydrogens is 741 g/mol. The molecule has 0 aliphatic heterocycles. The molecule has 12 rings (SSSR count). The van der Waals surface area contributed by atoms with Crippen LogP contribution in [0.1, 0.15) is 5.56 Å². The van der Waals surface area contributed by atoms with Crippen LogP contribution in [0.15, 0.2) is 182 Å². The van der Waals surface area contributed by atoms with Gasteiger partial charge in [0, 0.05) is 53.7 Å². The van der Waals surface area contributed by atoms with Crippen LogP contribution in [0.2, 0.25) is 0 Å². The maximum atomic E-state index is 10.3. The minimum absolute atomic E-state index is 0.488. The first-order chi connectivity index (χ1) is 29.2. The van der Waals surface area contributed by atoms with E-state index < -0.39 is 0 Å². The fourth-order valence-electron chi connectivity index (χ4n) is 8.84. The van der Waals surface area contributed by atoms with Crippen LogP contribution in [0.3, 0.4) is 0 Å². The minimum atomic E-state index is 0.488. The van der Waals surface area contributed by atoms with Gasteiger partial charge in [-0.05, 0) is 48.5 Å². The first-order valence-electron chi connectivity index (χ1n) is 19.5. The second-order valence-corrected chi connectivity index (χ2v) is 15.7. The maximum Gasteiger partial charge on any atom is 0.166 e. The summed E-state index contributed by atoms with van der Waals surface area (Å²) in [4.78, 5) is 15.3. The Morgan fingerprint density at radius 1 is 0.441 bits per heavy atom. The average molecular weight is 771 g/mol. The molecule has 0 aliphatic carbocycles. The first kappa shape index (κ1) is 33.2. The number of benzene rings is 8. The van der Waals surface area contributed by atoms with Crippen molar-refractivity contribution in [3.8, 4) is 51.6 Å². The minimum Gasteiger partial charge on any atom is -0.308 e. The third-order valence-corrected chi connectivity index (χ3v) is 12.6. The zero-order chi connectivity index (χ0) is 39.0. The second kappa shape index (κ2) is 13.1. The van der Waals surface area contributed by atoms with Crippen molar-refractivity contribution < 1.29 is 0 Å². The quantitative estimate of drug-likeness (QED) is 0.175. The summed E-state index contributed by atoms with van der Waals surface area (Å²) < 4.78 is 7.32. The molecule has 59 heavy (non-hydrogen) atoms. The summed E-state index contributed by atoms with van der Waals surface area (Å²) in [6, 6.07) is 65.4. The number of hydrogen-bond donors (Lipinski definition) is 0. The van der Waals surface area contributed by atoms with E-state index in [0.29, 0.717) is 23.0 Å². The van der Waals surface area contributed by atoms with Crippen molar-refractivity contribution in [2.75, 3.05) is 0 Å². The van der Waals surface area contributed by atoms with Crippen LogP contribution < -0.4 is 0 Å². The normalized spacial score (nSPS) is 11.7. The lowest BCUT2D eigenvalue weighted by Crippen LogP contribution is -2.04. The number of fused-ring (bicyclic) bond motifs is 10. The lowest BCUT2D eigenvalue weighted by Gasteiger charge is -2.15. The molecule has 0 saturated heterocycles. The smallest absolute Gasteiger partial charge is 0.166 e. The molecule has 0 N–H and O–H groups in total. The van der Waals surface area contributed by atoms with Gasteiger partial charge in [0.1, 0.15) is 0 Å². The molecule has 0 amide bonds. The summed E-state index contributed by atoms with van der Waals surface area (Å²) in [5.74, 6) is 1.61. The number of nitrogens with zero attached hydrogens (tertiary/aromatic N) is 6. The van der Waals surface area contributed by atoms with Gasteiger partial charge in [-0.2, -0.15) is 5.26 Å². The number of rotatable bonds is 5. The molecule has 0 fully saturated rings. The lowest BCUT2D eigenvalue weighted by molar-refractivity contribution is 1.06. The van der Waals surface area contributed by atoms with E-state index in [1.165, 1.54) is 20.2 Å². The zero-order valence-corrected chi connectivity index (χ0v) is 32.2. The van der Waals surface area contributed by atoms with E-state index in [9.17, 15) is 5.26 Å². The van der Waals surface area contributed by atoms with E-state index in [1.807, 2.05) is 90.2 Å². The molecular formula is C52H30N6S. The Balaban J connectivity index is 1.20. The monoisotopic (exact) mass is 770 g/mol. The summed E-state index contributed by atoms with van der Waals surface area (Å²) in [6.07, 6.45) is 0. The fourth-order valence-corrected chi connectivity index (χ4v) is 10.0. The number of thiophene rings is 1. The van der Waals surface area contributed by atoms with Crippen LogP contribution in [-0.2, 0) is 0 Å². The zero-order valence-electron chi connectivity index (χ0n) is 31.4. The lowest BCUT2D eigenvalue weighted by atomic mass is 10.1. The van der Waals surface area contributed by atoms with E-state index >= 15 is 0 Å². The van der Waals surface area contributed by atoms with E-state index in [2.05, 4.69) is 118 Å². The summed E-state index contributed by atoms with van der Waals surface area (Å²) >= 11 is 1.84. The van der Waals surface area contributed by atoms with E-state index in [1.54, 1.807) is 0 Å². The van der Waals surface area contributed by atoms with Gasteiger partial charge in [0.2, 0.25) is 0 Å². The summed E-state index contributed by atoms with van der Waals surface area (Å²) in [5, 5.41) is 17.4. The highest BCUT2D eigenvalue weighted by molar-refractivity contribution is 7.26. The topological polar surface area (TPSA) is 72.3 Å². The summed E-state index contributed by atoms with van der Waals surface area (Å²) in [7, 11) is 0. The van der Waals surface area contributed by atoms with Gasteiger partial charge in [-0.1, -0.05) is 133 Å². The molecule has 12 aromatic rings. The molecule has 0 saturated carbocycles. The number of aromatic nitrogens is 5. The molecule has 274 valence electrons. The van der Waals surface area contributed by atoms with Crippen molar-refractivity contribution in [2.45, 2.75) is 0 Å². The maximum absolute atomic E-state index is 10.3. The Kier molecular flexibility index (Phi) is 7.36. The fraction of sp³-hybridized carbons (Fsp3) is 0. The van der Waals surface area contributed by atoms with Gasteiger partial charge in [0.05, 0.1) is 49.8 Å². The molecule has 7 heteroatoms. The Morgan fingerprint density at radius 3 is 1.78 bits per heavy atom. The van der Waals surface area contributed by atoms with Crippen LogP contribution in [0.4, 0.5) is 0 Å². The highest BCUT2D eigenvalue weighted by atomic mass is 32.1. The molecule has 0 unspecified atom stereocenters. The van der Waals surface area contributed by atoms with E-state index in [0.717, 1.165) is 71.7 Å². The van der Waals surface area contributed by atoms with Crippen molar-refractivity contribution >= 4 is 75.1 Å². The summed E-state index contributed by atoms with van der Waals surface area (Å²) in [6.45, 7) is 0. The van der Waals surface area contributed by atoms with Crippen molar-refractivity contribution in [2.24, 2.45) is 0 Å². The predicted octanol–water partition coefficient (Wildman–Crippen LogP) is 13.3. The number of nitriles is 1. The van der Waals surface area contributed by atoms with Gasteiger partial charge >= 0.3 is 0 Å². The van der Waals surface area contributed by atoms with Gasteiger partial charge in [-0.3, -0.25) is 0 Å². The van der Waals surface area contributed by atoms with E-state index in [4.69, 9.17) is 15.0 Å². The van der Waals surface area contributed by atoms with Gasteiger partial charge < -0.3 is 9.13 Å². The Hall–Kier alpha value is -7.92. The molecule has 0 radical (unpaired) electrons. The second-order valence-electron chi connectivity index (χ2n) is 14.7. The van der Waals surface area contributed by atoms with Gasteiger partial charge in [-0.25, -0.2) is 15.0 Å². The van der Waals surface area contributed by atoms with Crippen molar-refractivity contribution in [1.29, 1.82) is 5.26 Å². The van der Waals surface area contributed by atoms with Crippen LogP contribution >= 0.6 is 11.3 Å². The molecule has 8 aromatic carbocycles. The Morgan fingerprint density at radius 2 is 1.05 bits per heavy atom. The summed E-state index contributed by atoms with van der Waals surface area (Å²) in [5.41, 5.74) is 9.41. The van der Waals surface area contributed by atoms with E-state index in [-0.39, 0.29) is 0 Å². The first-order valence-corrected chi connectivity index (χ1v) is 20.3. The standard InChI is InChI=1S/C52H30N6S/c53-31-32-26-28-43(40(30-32)52-55-50(33-14-3-1-4-15-33)54-51(56-52)34-16-5-2-6-17-34)58-41-22-10-7-18-35(41)37-27-29-44-47(48(37)58)39-20-8-11-23-42(39)57(44)45-24-13-21-38-36-19-9-12-25-46(36)59-49(38)45/h1-30H. The molecule has 0 atom stereocenters. The van der Waals surface area contributed by atoms with Crippen molar-refractivity contribution in [3.63, 3.8) is 0 Å². The largest absolute Gasteiger partial charge is 0.308 e. The Bertz CT molecular complexity index is 3630. The highest BCUT2D eigenvalue weighted by Crippen LogP contribution is 2.45. The average Bonchev–Trinajstić information content (AvgIpc) is 3.97. The molecule has 0 spiro atoms. The Labute approximate surface area is 342 Å². The van der Waals surface area contributed by atoms with Gasteiger partial charge in [0.25, 0.3) is 0 Å². The van der Waals surface area contributed by atoms with Gasteiger partial charge in [0.15, 0.2) is 17.5 Å².